The fourth-order valence-electron chi connectivity index (χ4n) is 1.53. The first-order chi connectivity index (χ1) is 8.69. The van der Waals surface area contributed by atoms with E-state index < -0.39 is 0 Å². The van der Waals surface area contributed by atoms with Gasteiger partial charge in [0.2, 0.25) is 5.88 Å². The van der Waals surface area contributed by atoms with Gasteiger partial charge in [-0.15, -0.1) is 0 Å². The molecular formula is C14H15ClN2O. The number of nitrogens with two attached hydrogens (primary N) is 1. The van der Waals surface area contributed by atoms with Gasteiger partial charge in [0.1, 0.15) is 5.75 Å². The van der Waals surface area contributed by atoms with Gasteiger partial charge in [0, 0.05) is 23.3 Å². The molecule has 0 amide bonds. The first-order valence-corrected chi connectivity index (χ1v) is 6.22. The van der Waals surface area contributed by atoms with E-state index >= 15 is 0 Å². The number of halogens is 1. The van der Waals surface area contributed by atoms with E-state index in [1.54, 1.807) is 30.5 Å². The number of pyridine rings is 1. The van der Waals surface area contributed by atoms with Crippen molar-refractivity contribution in [2.24, 2.45) is 5.73 Å². The summed E-state index contributed by atoms with van der Waals surface area (Å²) in [4.78, 5) is 4.23. The second kappa shape index (κ2) is 5.85. The summed E-state index contributed by atoms with van der Waals surface area (Å²) in [6.07, 6.45) is 2.64. The number of hydrogen-bond acceptors (Lipinski definition) is 3. The zero-order valence-corrected chi connectivity index (χ0v) is 10.9. The highest BCUT2D eigenvalue weighted by atomic mass is 35.5. The maximum Gasteiger partial charge on any atom is 0.219 e. The quantitative estimate of drug-likeness (QED) is 0.908. The van der Waals surface area contributed by atoms with Crippen LogP contribution in [0.1, 0.15) is 24.9 Å². The SMILES string of the molecule is CCC(N)c1ccc(Oc2ccc(Cl)cc2)nc1. The van der Waals surface area contributed by atoms with Gasteiger partial charge in [0.15, 0.2) is 0 Å². The maximum absolute atomic E-state index is 5.92. The highest BCUT2D eigenvalue weighted by molar-refractivity contribution is 6.30. The van der Waals surface area contributed by atoms with Crippen LogP contribution in [-0.2, 0) is 0 Å². The molecule has 0 aliphatic rings. The lowest BCUT2D eigenvalue weighted by Gasteiger charge is -2.09. The number of aromatic nitrogens is 1. The van der Waals surface area contributed by atoms with Crippen molar-refractivity contribution in [1.29, 1.82) is 0 Å². The van der Waals surface area contributed by atoms with E-state index in [2.05, 4.69) is 4.98 Å². The molecule has 0 fully saturated rings. The van der Waals surface area contributed by atoms with Crippen molar-refractivity contribution in [1.82, 2.24) is 4.98 Å². The number of ether oxygens (including phenoxy) is 1. The van der Waals surface area contributed by atoms with Gasteiger partial charge >= 0.3 is 0 Å². The van der Waals surface area contributed by atoms with E-state index in [9.17, 15) is 0 Å². The van der Waals surface area contributed by atoms with Gasteiger partial charge in [-0.1, -0.05) is 24.6 Å². The summed E-state index contributed by atoms with van der Waals surface area (Å²) in [5.74, 6) is 1.25. The Balaban J connectivity index is 2.08. The van der Waals surface area contributed by atoms with Crippen molar-refractivity contribution in [3.05, 3.63) is 53.2 Å². The summed E-state index contributed by atoms with van der Waals surface area (Å²) in [5, 5.41) is 0.680. The molecule has 1 unspecified atom stereocenters. The third-order valence-electron chi connectivity index (χ3n) is 2.66. The van der Waals surface area contributed by atoms with E-state index in [4.69, 9.17) is 22.1 Å². The van der Waals surface area contributed by atoms with Crippen LogP contribution in [0.4, 0.5) is 0 Å². The molecule has 0 radical (unpaired) electrons. The average molecular weight is 263 g/mol. The minimum absolute atomic E-state index is 0.0297. The number of hydrogen-bond donors (Lipinski definition) is 1. The van der Waals surface area contributed by atoms with Crippen LogP contribution < -0.4 is 10.5 Å². The summed E-state index contributed by atoms with van der Waals surface area (Å²) >= 11 is 5.80. The molecule has 1 heterocycles. The van der Waals surface area contributed by atoms with Crippen molar-refractivity contribution in [3.8, 4) is 11.6 Å². The molecule has 1 atom stereocenters. The highest BCUT2D eigenvalue weighted by Gasteiger charge is 2.04. The van der Waals surface area contributed by atoms with Gasteiger partial charge in [0.05, 0.1) is 0 Å². The minimum Gasteiger partial charge on any atom is -0.439 e. The van der Waals surface area contributed by atoms with Crippen LogP contribution in [0.5, 0.6) is 11.6 Å². The van der Waals surface area contributed by atoms with Crippen LogP contribution in [0.2, 0.25) is 5.02 Å². The van der Waals surface area contributed by atoms with Crippen molar-refractivity contribution in [3.63, 3.8) is 0 Å². The molecule has 0 saturated heterocycles. The molecule has 18 heavy (non-hydrogen) atoms. The summed E-state index contributed by atoms with van der Waals surface area (Å²) in [5.41, 5.74) is 6.93. The number of nitrogens with zero attached hydrogens (tertiary/aromatic N) is 1. The van der Waals surface area contributed by atoms with E-state index in [1.807, 2.05) is 19.1 Å². The summed E-state index contributed by atoms with van der Waals surface area (Å²) in [6, 6.07) is 10.9. The first-order valence-electron chi connectivity index (χ1n) is 5.84. The van der Waals surface area contributed by atoms with Crippen molar-refractivity contribution < 1.29 is 4.74 Å². The fraction of sp³-hybridized carbons (Fsp3) is 0.214. The lowest BCUT2D eigenvalue weighted by Crippen LogP contribution is -2.08. The molecule has 0 aliphatic carbocycles. The Hall–Kier alpha value is -1.58. The average Bonchev–Trinajstić information content (AvgIpc) is 2.41. The summed E-state index contributed by atoms with van der Waals surface area (Å²) < 4.78 is 5.59. The molecule has 2 rings (SSSR count). The Bertz CT molecular complexity index is 496. The minimum atomic E-state index is 0.0297. The molecule has 0 bridgehead atoms. The van der Waals surface area contributed by atoms with Crippen molar-refractivity contribution in [2.75, 3.05) is 0 Å². The van der Waals surface area contributed by atoms with Crippen LogP contribution in [-0.4, -0.2) is 4.98 Å². The molecule has 1 aromatic carbocycles. The molecular weight excluding hydrogens is 248 g/mol. The second-order valence-electron chi connectivity index (χ2n) is 4.00. The Morgan fingerprint density at radius 1 is 1.22 bits per heavy atom. The molecule has 4 heteroatoms. The number of benzene rings is 1. The van der Waals surface area contributed by atoms with Gasteiger partial charge < -0.3 is 10.5 Å². The fourth-order valence-corrected chi connectivity index (χ4v) is 1.66. The third-order valence-corrected chi connectivity index (χ3v) is 2.92. The number of rotatable bonds is 4. The van der Waals surface area contributed by atoms with E-state index in [-0.39, 0.29) is 6.04 Å². The van der Waals surface area contributed by atoms with E-state index in [1.165, 1.54) is 0 Å². The largest absolute Gasteiger partial charge is 0.439 e. The van der Waals surface area contributed by atoms with Gasteiger partial charge in [0.25, 0.3) is 0 Å². The van der Waals surface area contributed by atoms with Crippen molar-refractivity contribution in [2.45, 2.75) is 19.4 Å². The molecule has 0 spiro atoms. The molecule has 3 nitrogen and oxygen atoms in total. The third kappa shape index (κ3) is 3.22. The predicted octanol–water partition coefficient (Wildman–Crippen LogP) is 3.94. The highest BCUT2D eigenvalue weighted by Crippen LogP contribution is 2.22. The molecule has 0 aliphatic heterocycles. The predicted molar refractivity (Wildman–Crippen MR) is 73.0 cm³/mol. The van der Waals surface area contributed by atoms with E-state index in [0.29, 0.717) is 16.7 Å². The van der Waals surface area contributed by atoms with Crippen LogP contribution in [0.25, 0.3) is 0 Å². The van der Waals surface area contributed by atoms with E-state index in [0.717, 1.165) is 12.0 Å². The topological polar surface area (TPSA) is 48.1 Å². The summed E-state index contributed by atoms with van der Waals surface area (Å²) in [7, 11) is 0. The Morgan fingerprint density at radius 2 is 1.94 bits per heavy atom. The molecule has 0 saturated carbocycles. The van der Waals surface area contributed by atoms with Crippen LogP contribution in [0, 0.1) is 0 Å². The normalized spacial score (nSPS) is 12.2. The zero-order chi connectivity index (χ0) is 13.0. The van der Waals surface area contributed by atoms with Crippen molar-refractivity contribution >= 4 is 11.6 Å². The molecule has 1 aromatic heterocycles. The van der Waals surface area contributed by atoms with Gasteiger partial charge in [-0.05, 0) is 36.2 Å². The van der Waals surface area contributed by atoms with Crippen LogP contribution in [0.15, 0.2) is 42.6 Å². The first kappa shape index (κ1) is 12.9. The van der Waals surface area contributed by atoms with Gasteiger partial charge in [-0.25, -0.2) is 4.98 Å². The Labute approximate surface area is 112 Å². The molecule has 2 N–H and O–H groups in total. The lowest BCUT2D eigenvalue weighted by molar-refractivity contribution is 0.462. The zero-order valence-electron chi connectivity index (χ0n) is 10.1. The molecule has 2 aromatic rings. The lowest BCUT2D eigenvalue weighted by atomic mass is 10.1. The Kier molecular flexibility index (Phi) is 4.18. The van der Waals surface area contributed by atoms with Gasteiger partial charge in [-0.2, -0.15) is 0 Å². The smallest absolute Gasteiger partial charge is 0.219 e. The van der Waals surface area contributed by atoms with Crippen LogP contribution in [0.3, 0.4) is 0 Å². The monoisotopic (exact) mass is 262 g/mol. The maximum atomic E-state index is 5.92. The van der Waals surface area contributed by atoms with Crippen LogP contribution >= 0.6 is 11.6 Å². The standard InChI is InChI=1S/C14H15ClN2O/c1-2-13(16)10-3-8-14(17-9-10)18-12-6-4-11(15)5-7-12/h3-9,13H,2,16H2,1H3. The Morgan fingerprint density at radius 3 is 2.50 bits per heavy atom. The van der Waals surface area contributed by atoms with Gasteiger partial charge in [-0.3, -0.25) is 0 Å². The summed E-state index contributed by atoms with van der Waals surface area (Å²) in [6.45, 7) is 2.04. The second-order valence-corrected chi connectivity index (χ2v) is 4.44. The molecule has 94 valence electrons.